The summed E-state index contributed by atoms with van der Waals surface area (Å²) in [5.74, 6) is 0.154. The monoisotopic (exact) mass is 284 g/mol. The SMILES string of the molecule is CC(Nc1ccc(N)c2ccncc12)C(=O)N1CCCC1. The molecule has 5 heteroatoms. The number of nitrogens with zero attached hydrogens (tertiary/aromatic N) is 2. The fraction of sp³-hybridized carbons (Fsp3) is 0.375. The van der Waals surface area contributed by atoms with Crippen LogP contribution in [0.2, 0.25) is 0 Å². The van der Waals surface area contributed by atoms with Gasteiger partial charge in [0, 0.05) is 47.6 Å². The van der Waals surface area contributed by atoms with E-state index in [4.69, 9.17) is 5.73 Å². The zero-order chi connectivity index (χ0) is 14.8. The van der Waals surface area contributed by atoms with Gasteiger partial charge in [-0.25, -0.2) is 0 Å². The van der Waals surface area contributed by atoms with Crippen molar-refractivity contribution >= 4 is 28.1 Å². The van der Waals surface area contributed by atoms with Crippen molar-refractivity contribution in [3.8, 4) is 0 Å². The topological polar surface area (TPSA) is 71.2 Å². The second-order valence-corrected chi connectivity index (χ2v) is 5.52. The Labute approximate surface area is 124 Å². The number of benzene rings is 1. The molecule has 1 fully saturated rings. The molecule has 3 rings (SSSR count). The summed E-state index contributed by atoms with van der Waals surface area (Å²) in [6, 6.07) is 5.41. The van der Waals surface area contributed by atoms with E-state index < -0.39 is 0 Å². The van der Waals surface area contributed by atoms with Gasteiger partial charge in [-0.05, 0) is 38.0 Å². The molecule has 1 amide bonds. The minimum Gasteiger partial charge on any atom is -0.398 e. The van der Waals surface area contributed by atoms with Gasteiger partial charge in [-0.2, -0.15) is 0 Å². The van der Waals surface area contributed by atoms with E-state index in [1.807, 2.05) is 30.0 Å². The van der Waals surface area contributed by atoms with E-state index in [1.165, 1.54) is 0 Å². The summed E-state index contributed by atoms with van der Waals surface area (Å²) in [5, 5.41) is 5.20. The number of carbonyl (C=O) groups is 1. The van der Waals surface area contributed by atoms with Gasteiger partial charge >= 0.3 is 0 Å². The van der Waals surface area contributed by atoms with Gasteiger partial charge in [0.05, 0.1) is 0 Å². The molecule has 2 aromatic rings. The van der Waals surface area contributed by atoms with Crippen molar-refractivity contribution in [2.45, 2.75) is 25.8 Å². The minimum atomic E-state index is -0.255. The highest BCUT2D eigenvalue weighted by Gasteiger charge is 2.23. The van der Waals surface area contributed by atoms with Gasteiger partial charge in [0.25, 0.3) is 0 Å². The Balaban J connectivity index is 1.84. The molecule has 0 aliphatic carbocycles. The molecule has 110 valence electrons. The molecular weight excluding hydrogens is 264 g/mol. The first-order valence-electron chi connectivity index (χ1n) is 7.34. The van der Waals surface area contributed by atoms with Crippen molar-refractivity contribution in [1.29, 1.82) is 0 Å². The van der Waals surface area contributed by atoms with Crippen LogP contribution in [0.15, 0.2) is 30.6 Å². The Morgan fingerprint density at radius 1 is 1.29 bits per heavy atom. The first kappa shape index (κ1) is 13.7. The van der Waals surface area contributed by atoms with E-state index in [-0.39, 0.29) is 11.9 Å². The Morgan fingerprint density at radius 2 is 2.05 bits per heavy atom. The van der Waals surface area contributed by atoms with E-state index in [9.17, 15) is 4.79 Å². The molecule has 0 bridgehead atoms. The highest BCUT2D eigenvalue weighted by Crippen LogP contribution is 2.28. The third-order valence-corrected chi connectivity index (χ3v) is 4.01. The summed E-state index contributed by atoms with van der Waals surface area (Å²) >= 11 is 0. The van der Waals surface area contributed by atoms with Crippen molar-refractivity contribution in [1.82, 2.24) is 9.88 Å². The number of fused-ring (bicyclic) bond motifs is 1. The Bertz CT molecular complexity index is 664. The Morgan fingerprint density at radius 3 is 2.81 bits per heavy atom. The van der Waals surface area contributed by atoms with Crippen LogP contribution in [0.25, 0.3) is 10.8 Å². The van der Waals surface area contributed by atoms with Crippen molar-refractivity contribution in [2.75, 3.05) is 24.1 Å². The maximum Gasteiger partial charge on any atom is 0.244 e. The van der Waals surface area contributed by atoms with Gasteiger partial charge in [-0.1, -0.05) is 0 Å². The van der Waals surface area contributed by atoms with Crippen LogP contribution in [0.5, 0.6) is 0 Å². The lowest BCUT2D eigenvalue weighted by molar-refractivity contribution is -0.130. The molecule has 1 aliphatic heterocycles. The molecule has 1 aliphatic rings. The molecule has 1 aromatic carbocycles. The molecule has 0 radical (unpaired) electrons. The quantitative estimate of drug-likeness (QED) is 0.848. The highest BCUT2D eigenvalue weighted by atomic mass is 16.2. The summed E-state index contributed by atoms with van der Waals surface area (Å²) < 4.78 is 0. The van der Waals surface area contributed by atoms with Crippen molar-refractivity contribution in [3.63, 3.8) is 0 Å². The third kappa shape index (κ3) is 2.63. The first-order valence-corrected chi connectivity index (χ1v) is 7.34. The number of hydrogen-bond acceptors (Lipinski definition) is 4. The van der Waals surface area contributed by atoms with Crippen LogP contribution in [-0.4, -0.2) is 34.9 Å². The van der Waals surface area contributed by atoms with E-state index >= 15 is 0 Å². The van der Waals surface area contributed by atoms with Crippen LogP contribution < -0.4 is 11.1 Å². The smallest absolute Gasteiger partial charge is 0.244 e. The predicted octanol–water partition coefficient (Wildman–Crippen LogP) is 2.24. The van der Waals surface area contributed by atoms with Crippen LogP contribution in [0.3, 0.4) is 0 Å². The number of rotatable bonds is 3. The number of nitrogens with two attached hydrogens (primary N) is 1. The lowest BCUT2D eigenvalue weighted by Gasteiger charge is -2.22. The number of pyridine rings is 1. The van der Waals surface area contributed by atoms with Gasteiger partial charge in [0.1, 0.15) is 6.04 Å². The molecule has 5 nitrogen and oxygen atoms in total. The zero-order valence-electron chi connectivity index (χ0n) is 12.2. The zero-order valence-corrected chi connectivity index (χ0v) is 12.2. The van der Waals surface area contributed by atoms with Crippen molar-refractivity contribution in [3.05, 3.63) is 30.6 Å². The van der Waals surface area contributed by atoms with Crippen molar-refractivity contribution < 1.29 is 4.79 Å². The van der Waals surface area contributed by atoms with Crippen LogP contribution in [0.1, 0.15) is 19.8 Å². The van der Waals surface area contributed by atoms with E-state index in [0.717, 1.165) is 48.1 Å². The van der Waals surface area contributed by atoms with Crippen LogP contribution in [-0.2, 0) is 4.79 Å². The fourth-order valence-electron chi connectivity index (χ4n) is 2.85. The maximum absolute atomic E-state index is 12.4. The number of nitrogen functional groups attached to an aromatic ring is 1. The Kier molecular flexibility index (Phi) is 3.64. The second-order valence-electron chi connectivity index (χ2n) is 5.52. The Hall–Kier alpha value is -2.30. The molecule has 1 unspecified atom stereocenters. The number of carbonyl (C=O) groups excluding carboxylic acids is 1. The lowest BCUT2D eigenvalue weighted by atomic mass is 10.1. The van der Waals surface area contributed by atoms with Crippen LogP contribution in [0.4, 0.5) is 11.4 Å². The summed E-state index contributed by atoms with van der Waals surface area (Å²) in [6.07, 6.45) is 5.71. The number of amides is 1. The van der Waals surface area contributed by atoms with Crippen LogP contribution >= 0.6 is 0 Å². The largest absolute Gasteiger partial charge is 0.398 e. The predicted molar refractivity (Wildman–Crippen MR) is 85.1 cm³/mol. The molecule has 1 atom stereocenters. The number of likely N-dealkylation sites (tertiary alicyclic amines) is 1. The van der Waals surface area contributed by atoms with Crippen molar-refractivity contribution in [2.24, 2.45) is 0 Å². The average Bonchev–Trinajstić information content (AvgIpc) is 3.04. The number of aromatic nitrogens is 1. The number of anilines is 2. The summed E-state index contributed by atoms with van der Waals surface area (Å²) in [4.78, 5) is 18.5. The summed E-state index contributed by atoms with van der Waals surface area (Å²) in [5.41, 5.74) is 7.60. The van der Waals surface area contributed by atoms with E-state index in [0.29, 0.717) is 0 Å². The number of nitrogens with one attached hydrogen (secondary N) is 1. The van der Waals surface area contributed by atoms with Gasteiger partial charge in [-0.3, -0.25) is 9.78 Å². The highest BCUT2D eigenvalue weighted by molar-refractivity contribution is 6.01. The maximum atomic E-state index is 12.4. The first-order chi connectivity index (χ1) is 10.2. The molecule has 0 saturated carbocycles. The van der Waals surface area contributed by atoms with Gasteiger partial charge in [0.2, 0.25) is 5.91 Å². The fourth-order valence-corrected chi connectivity index (χ4v) is 2.85. The van der Waals surface area contributed by atoms with Crippen LogP contribution in [0, 0.1) is 0 Å². The van der Waals surface area contributed by atoms with Gasteiger partial charge in [-0.15, -0.1) is 0 Å². The molecule has 0 spiro atoms. The van der Waals surface area contributed by atoms with E-state index in [1.54, 1.807) is 12.4 Å². The normalized spacial score (nSPS) is 16.1. The molecule has 1 aromatic heterocycles. The molecular formula is C16H20N4O. The number of hydrogen-bond donors (Lipinski definition) is 2. The minimum absolute atomic E-state index is 0.154. The molecule has 2 heterocycles. The molecule has 21 heavy (non-hydrogen) atoms. The standard InChI is InChI=1S/C16H20N4O/c1-11(16(21)20-8-2-3-9-20)19-15-5-4-14(17)12-6-7-18-10-13(12)15/h4-7,10-11,19H,2-3,8-9,17H2,1H3. The summed E-state index contributed by atoms with van der Waals surface area (Å²) in [6.45, 7) is 3.64. The molecule has 3 N–H and O–H groups in total. The van der Waals surface area contributed by atoms with Gasteiger partial charge in [0.15, 0.2) is 0 Å². The summed E-state index contributed by atoms with van der Waals surface area (Å²) in [7, 11) is 0. The average molecular weight is 284 g/mol. The second kappa shape index (κ2) is 5.60. The van der Waals surface area contributed by atoms with Gasteiger partial charge < -0.3 is 16.0 Å². The van der Waals surface area contributed by atoms with E-state index in [2.05, 4.69) is 10.3 Å². The molecule has 1 saturated heterocycles. The lowest BCUT2D eigenvalue weighted by Crippen LogP contribution is -2.39. The third-order valence-electron chi connectivity index (χ3n) is 4.01.